The number of likely N-dealkylation sites (tertiary alicyclic amines) is 1. The van der Waals surface area contributed by atoms with Crippen LogP contribution in [0.15, 0.2) is 47.1 Å². The van der Waals surface area contributed by atoms with E-state index < -0.39 is 11.6 Å². The normalized spacial score (nSPS) is 15.8. The van der Waals surface area contributed by atoms with Crippen LogP contribution in [0.2, 0.25) is 0 Å². The molecule has 6 heteroatoms. The Balaban J connectivity index is 1.50. The highest BCUT2D eigenvalue weighted by atomic mass is 19.2. The van der Waals surface area contributed by atoms with Crippen LogP contribution in [0.4, 0.5) is 8.78 Å². The zero-order valence-corrected chi connectivity index (χ0v) is 13.0. The maximum Gasteiger partial charge on any atom is 0.246 e. The first kappa shape index (κ1) is 16.2. The number of nitrogens with zero attached hydrogens (tertiary/aromatic N) is 1. The van der Waals surface area contributed by atoms with Crippen molar-refractivity contribution in [2.75, 3.05) is 13.1 Å². The summed E-state index contributed by atoms with van der Waals surface area (Å²) in [5.74, 6) is -0.983. The van der Waals surface area contributed by atoms with Gasteiger partial charge in [-0.25, -0.2) is 8.78 Å². The monoisotopic (exact) mass is 333 g/mol. The summed E-state index contributed by atoms with van der Waals surface area (Å²) in [4.78, 5) is 13.8. The summed E-state index contributed by atoms with van der Waals surface area (Å²) in [6, 6.07) is 7.01. The molecule has 1 fully saturated rings. The lowest BCUT2D eigenvalue weighted by molar-refractivity contribution is -0.127. The molecule has 1 aliphatic rings. The van der Waals surface area contributed by atoms with Crippen LogP contribution in [-0.4, -0.2) is 30.0 Å². The number of ether oxygens (including phenoxy) is 1. The summed E-state index contributed by atoms with van der Waals surface area (Å²) < 4.78 is 36.9. The van der Waals surface area contributed by atoms with E-state index >= 15 is 0 Å². The lowest BCUT2D eigenvalue weighted by Crippen LogP contribution is -2.41. The highest BCUT2D eigenvalue weighted by Gasteiger charge is 2.23. The molecule has 24 heavy (non-hydrogen) atoms. The van der Waals surface area contributed by atoms with E-state index in [9.17, 15) is 13.6 Å². The number of rotatable bonds is 4. The molecule has 4 nitrogen and oxygen atoms in total. The van der Waals surface area contributed by atoms with Crippen LogP contribution >= 0.6 is 0 Å². The molecular formula is C18H17F2NO3. The first-order chi connectivity index (χ1) is 11.6. The summed E-state index contributed by atoms with van der Waals surface area (Å²) >= 11 is 0. The van der Waals surface area contributed by atoms with Crippen molar-refractivity contribution < 1.29 is 22.7 Å². The van der Waals surface area contributed by atoms with Crippen molar-refractivity contribution in [2.45, 2.75) is 18.9 Å². The Labute approximate surface area is 138 Å². The van der Waals surface area contributed by atoms with Crippen molar-refractivity contribution in [3.8, 4) is 5.75 Å². The van der Waals surface area contributed by atoms with Gasteiger partial charge in [0.05, 0.1) is 6.26 Å². The Hall–Kier alpha value is -2.63. The predicted octanol–water partition coefficient (Wildman–Crippen LogP) is 3.64. The van der Waals surface area contributed by atoms with Crippen molar-refractivity contribution >= 4 is 12.0 Å². The van der Waals surface area contributed by atoms with E-state index in [1.807, 2.05) is 0 Å². The quantitative estimate of drug-likeness (QED) is 0.802. The first-order valence-electron chi connectivity index (χ1n) is 7.74. The third-order valence-electron chi connectivity index (χ3n) is 3.88. The Bertz CT molecular complexity index is 720. The molecule has 2 aromatic rings. The number of halogens is 2. The molecule has 0 radical (unpaired) electrons. The molecule has 0 N–H and O–H groups in total. The molecular weight excluding hydrogens is 316 g/mol. The van der Waals surface area contributed by atoms with Crippen LogP contribution in [0.1, 0.15) is 18.6 Å². The highest BCUT2D eigenvalue weighted by Crippen LogP contribution is 2.21. The molecule has 1 aromatic carbocycles. The van der Waals surface area contributed by atoms with E-state index in [2.05, 4.69) is 0 Å². The second-order valence-electron chi connectivity index (χ2n) is 5.57. The smallest absolute Gasteiger partial charge is 0.246 e. The van der Waals surface area contributed by atoms with Crippen molar-refractivity contribution in [1.82, 2.24) is 4.90 Å². The molecule has 0 atom stereocenters. The van der Waals surface area contributed by atoms with Crippen molar-refractivity contribution in [3.63, 3.8) is 0 Å². The molecule has 0 unspecified atom stereocenters. The lowest BCUT2D eigenvalue weighted by atomic mass is 10.1. The Kier molecular flexibility index (Phi) is 4.93. The average molecular weight is 333 g/mol. The third kappa shape index (κ3) is 4.01. The number of piperidine rings is 1. The van der Waals surface area contributed by atoms with Gasteiger partial charge in [-0.2, -0.15) is 0 Å². The Morgan fingerprint density at radius 2 is 2.00 bits per heavy atom. The predicted molar refractivity (Wildman–Crippen MR) is 84.3 cm³/mol. The first-order valence-corrected chi connectivity index (χ1v) is 7.74. The number of furan rings is 1. The van der Waals surface area contributed by atoms with Crippen LogP contribution in [0.25, 0.3) is 6.08 Å². The average Bonchev–Trinajstić information content (AvgIpc) is 3.10. The van der Waals surface area contributed by atoms with Gasteiger partial charge < -0.3 is 14.1 Å². The summed E-state index contributed by atoms with van der Waals surface area (Å²) in [7, 11) is 0. The molecule has 3 rings (SSSR count). The zero-order chi connectivity index (χ0) is 16.9. The van der Waals surface area contributed by atoms with Gasteiger partial charge in [-0.05, 0) is 30.3 Å². The fourth-order valence-electron chi connectivity index (χ4n) is 2.58. The van der Waals surface area contributed by atoms with E-state index in [0.29, 0.717) is 37.4 Å². The summed E-state index contributed by atoms with van der Waals surface area (Å²) in [6.45, 7) is 1.10. The van der Waals surface area contributed by atoms with E-state index in [1.54, 1.807) is 29.4 Å². The maximum absolute atomic E-state index is 13.2. The van der Waals surface area contributed by atoms with Crippen LogP contribution in [0.3, 0.4) is 0 Å². The molecule has 1 aromatic heterocycles. The molecule has 1 aliphatic heterocycles. The number of hydrogen-bond donors (Lipinski definition) is 0. The second-order valence-corrected chi connectivity index (χ2v) is 5.57. The van der Waals surface area contributed by atoms with Crippen LogP contribution in [0.5, 0.6) is 5.75 Å². The van der Waals surface area contributed by atoms with Gasteiger partial charge in [-0.1, -0.05) is 0 Å². The van der Waals surface area contributed by atoms with Gasteiger partial charge in [0.1, 0.15) is 17.6 Å². The van der Waals surface area contributed by atoms with E-state index in [-0.39, 0.29) is 12.0 Å². The lowest BCUT2D eigenvalue weighted by Gasteiger charge is -2.31. The van der Waals surface area contributed by atoms with E-state index in [4.69, 9.17) is 9.15 Å². The number of hydrogen-bond acceptors (Lipinski definition) is 3. The van der Waals surface area contributed by atoms with Gasteiger partial charge in [0.2, 0.25) is 5.91 Å². The van der Waals surface area contributed by atoms with Gasteiger partial charge in [0, 0.05) is 38.1 Å². The molecule has 0 aliphatic carbocycles. The molecule has 0 spiro atoms. The standard InChI is InChI=1S/C18H17F2NO3/c19-16-5-3-15(12-17(16)20)24-14-7-9-21(10-8-14)18(22)6-4-13-2-1-11-23-13/h1-6,11-12,14H,7-10H2/b6-4+. The summed E-state index contributed by atoms with van der Waals surface area (Å²) in [5, 5.41) is 0. The van der Waals surface area contributed by atoms with Crippen molar-refractivity contribution in [3.05, 3.63) is 60.1 Å². The Morgan fingerprint density at radius 1 is 1.21 bits per heavy atom. The van der Waals surface area contributed by atoms with Crippen LogP contribution in [0, 0.1) is 11.6 Å². The summed E-state index contributed by atoms with van der Waals surface area (Å²) in [5.41, 5.74) is 0. The fourth-order valence-corrected chi connectivity index (χ4v) is 2.58. The topological polar surface area (TPSA) is 42.7 Å². The fraction of sp³-hybridized carbons (Fsp3) is 0.278. The van der Waals surface area contributed by atoms with E-state index in [0.717, 1.165) is 12.1 Å². The number of amides is 1. The molecule has 2 heterocycles. The minimum atomic E-state index is -0.928. The number of carbonyl (C=O) groups is 1. The molecule has 1 amide bonds. The van der Waals surface area contributed by atoms with Crippen LogP contribution < -0.4 is 4.74 Å². The minimum absolute atomic E-state index is 0.0855. The molecule has 0 saturated carbocycles. The third-order valence-corrected chi connectivity index (χ3v) is 3.88. The second kappa shape index (κ2) is 7.29. The number of carbonyl (C=O) groups excluding carboxylic acids is 1. The SMILES string of the molecule is O=C(/C=C/c1ccco1)N1CCC(Oc2ccc(F)c(F)c2)CC1. The zero-order valence-electron chi connectivity index (χ0n) is 13.0. The van der Waals surface area contributed by atoms with Gasteiger partial charge in [-0.3, -0.25) is 4.79 Å². The number of benzene rings is 1. The molecule has 1 saturated heterocycles. The summed E-state index contributed by atoms with van der Waals surface area (Å²) in [6.07, 6.45) is 5.82. The van der Waals surface area contributed by atoms with Gasteiger partial charge in [0.25, 0.3) is 0 Å². The van der Waals surface area contributed by atoms with Gasteiger partial charge in [0.15, 0.2) is 11.6 Å². The van der Waals surface area contributed by atoms with Crippen molar-refractivity contribution in [1.29, 1.82) is 0 Å². The minimum Gasteiger partial charge on any atom is -0.490 e. The molecule has 126 valence electrons. The van der Waals surface area contributed by atoms with E-state index in [1.165, 1.54) is 12.1 Å². The van der Waals surface area contributed by atoms with Crippen LogP contribution in [-0.2, 0) is 4.79 Å². The van der Waals surface area contributed by atoms with Gasteiger partial charge in [-0.15, -0.1) is 0 Å². The maximum atomic E-state index is 13.2. The highest BCUT2D eigenvalue weighted by molar-refractivity contribution is 5.91. The largest absolute Gasteiger partial charge is 0.490 e. The Morgan fingerprint density at radius 3 is 2.67 bits per heavy atom. The van der Waals surface area contributed by atoms with Crippen molar-refractivity contribution in [2.24, 2.45) is 0 Å². The molecule has 0 bridgehead atoms. The van der Waals surface area contributed by atoms with Gasteiger partial charge >= 0.3 is 0 Å².